The van der Waals surface area contributed by atoms with Gasteiger partial charge in [0, 0.05) is 26.7 Å². The highest BCUT2D eigenvalue weighted by Gasteiger charge is 2.15. The van der Waals surface area contributed by atoms with Crippen molar-refractivity contribution in [1.82, 2.24) is 14.0 Å². The van der Waals surface area contributed by atoms with Gasteiger partial charge in [-0.1, -0.05) is 20.8 Å². The Morgan fingerprint density at radius 1 is 1.33 bits per heavy atom. The molecule has 0 aliphatic rings. The van der Waals surface area contributed by atoms with Crippen molar-refractivity contribution in [3.63, 3.8) is 0 Å². The van der Waals surface area contributed by atoms with E-state index in [2.05, 4.69) is 17.1 Å². The van der Waals surface area contributed by atoms with Gasteiger partial charge in [-0.25, -0.2) is 4.79 Å². The summed E-state index contributed by atoms with van der Waals surface area (Å²) in [7, 11) is 3.48. The van der Waals surface area contributed by atoms with Crippen molar-refractivity contribution in [2.45, 2.75) is 27.3 Å². The van der Waals surface area contributed by atoms with Gasteiger partial charge in [0.2, 0.25) is 0 Å². The predicted octanol–water partition coefficient (Wildman–Crippen LogP) is 0.149. The topological polar surface area (TPSA) is 85.3 Å². The molecule has 7 heteroatoms. The Balaban J connectivity index is 3.11. The number of nitrogens with two attached hydrogens (primary N) is 1. The molecule has 0 unspecified atom stereocenters. The maximum atomic E-state index is 12.2. The van der Waals surface area contributed by atoms with Gasteiger partial charge in [0.1, 0.15) is 11.5 Å². The van der Waals surface area contributed by atoms with Gasteiger partial charge in [-0.15, -0.1) is 0 Å². The van der Waals surface area contributed by atoms with Crippen LogP contribution < -0.4 is 22.3 Å². The first-order chi connectivity index (χ1) is 9.79. The molecule has 1 rings (SSSR count). The van der Waals surface area contributed by atoms with Gasteiger partial charge in [-0.2, -0.15) is 0 Å². The fourth-order valence-corrected chi connectivity index (χ4v) is 2.02. The summed E-state index contributed by atoms with van der Waals surface area (Å²) in [4.78, 5) is 26.4. The first-order valence-corrected chi connectivity index (χ1v) is 7.31. The Morgan fingerprint density at radius 3 is 2.48 bits per heavy atom. The molecule has 120 valence electrons. The van der Waals surface area contributed by atoms with Gasteiger partial charge in [0.15, 0.2) is 0 Å². The number of hydrogen-bond donors (Lipinski definition) is 2. The van der Waals surface area contributed by atoms with Crippen LogP contribution in [0.3, 0.4) is 0 Å². The van der Waals surface area contributed by atoms with Crippen molar-refractivity contribution in [2.75, 3.05) is 37.7 Å². The summed E-state index contributed by atoms with van der Waals surface area (Å²) in [6.45, 7) is 8.88. The van der Waals surface area contributed by atoms with Crippen molar-refractivity contribution >= 4 is 11.5 Å². The zero-order valence-corrected chi connectivity index (χ0v) is 13.6. The lowest BCUT2D eigenvalue weighted by Gasteiger charge is -2.19. The van der Waals surface area contributed by atoms with Crippen LogP contribution in [0, 0.1) is 5.92 Å². The summed E-state index contributed by atoms with van der Waals surface area (Å²) in [6, 6.07) is 0. The smallest absolute Gasteiger partial charge is 0.332 e. The number of rotatable bonds is 7. The highest BCUT2D eigenvalue weighted by atomic mass is 16.2. The van der Waals surface area contributed by atoms with Gasteiger partial charge >= 0.3 is 5.69 Å². The van der Waals surface area contributed by atoms with Gasteiger partial charge in [-0.05, 0) is 19.5 Å². The van der Waals surface area contributed by atoms with E-state index in [-0.39, 0.29) is 23.0 Å². The summed E-state index contributed by atoms with van der Waals surface area (Å²) in [5, 5.41) is 3.07. The molecule has 0 amide bonds. The molecule has 1 heterocycles. The highest BCUT2D eigenvalue weighted by Crippen LogP contribution is 2.12. The number of anilines is 2. The van der Waals surface area contributed by atoms with E-state index >= 15 is 0 Å². The first-order valence-electron chi connectivity index (χ1n) is 7.31. The lowest BCUT2D eigenvalue weighted by Crippen LogP contribution is -2.41. The third-order valence-corrected chi connectivity index (χ3v) is 3.47. The number of nitrogens with one attached hydrogen (secondary N) is 1. The molecule has 0 aromatic carbocycles. The lowest BCUT2D eigenvalue weighted by molar-refractivity contribution is 0.367. The Labute approximate surface area is 125 Å². The number of aromatic nitrogens is 2. The van der Waals surface area contributed by atoms with E-state index < -0.39 is 0 Å². The van der Waals surface area contributed by atoms with Crippen LogP contribution in [0.15, 0.2) is 9.59 Å². The van der Waals surface area contributed by atoms with Crippen molar-refractivity contribution in [3.05, 3.63) is 20.8 Å². The summed E-state index contributed by atoms with van der Waals surface area (Å²) in [5.74, 6) is 0.484. The molecule has 0 fully saturated rings. The molecule has 0 spiro atoms. The first kappa shape index (κ1) is 17.3. The fourth-order valence-electron chi connectivity index (χ4n) is 2.02. The molecule has 0 atom stereocenters. The van der Waals surface area contributed by atoms with Crippen molar-refractivity contribution < 1.29 is 0 Å². The fraction of sp³-hybridized carbons (Fsp3) is 0.714. The summed E-state index contributed by atoms with van der Waals surface area (Å²) in [5.41, 5.74) is 5.58. The van der Waals surface area contributed by atoms with Gasteiger partial charge in [0.05, 0.1) is 0 Å². The molecule has 21 heavy (non-hydrogen) atoms. The Bertz CT molecular complexity index is 588. The molecule has 7 nitrogen and oxygen atoms in total. The second-order valence-electron chi connectivity index (χ2n) is 5.73. The summed E-state index contributed by atoms with van der Waals surface area (Å²) in [6.07, 6.45) is 0. The third kappa shape index (κ3) is 4.10. The van der Waals surface area contributed by atoms with Crippen molar-refractivity contribution in [3.8, 4) is 0 Å². The van der Waals surface area contributed by atoms with Crippen LogP contribution >= 0.6 is 0 Å². The largest absolute Gasteiger partial charge is 0.383 e. The van der Waals surface area contributed by atoms with E-state index in [1.165, 1.54) is 11.6 Å². The molecule has 0 aliphatic carbocycles. The third-order valence-electron chi connectivity index (χ3n) is 3.47. The van der Waals surface area contributed by atoms with Crippen molar-refractivity contribution in [2.24, 2.45) is 13.0 Å². The van der Waals surface area contributed by atoms with Crippen LogP contribution in [0.1, 0.15) is 20.8 Å². The number of likely N-dealkylation sites (N-methyl/N-ethyl adjacent to an activating group) is 1. The minimum Gasteiger partial charge on any atom is -0.383 e. The molecule has 1 aromatic heterocycles. The van der Waals surface area contributed by atoms with E-state index in [4.69, 9.17) is 5.73 Å². The zero-order chi connectivity index (χ0) is 16.2. The standard InChI is InChI=1S/C14H27N5O2/c1-6-17(4)8-7-16-11-12(15)19(9-10(2)3)14(21)18(5)13(11)20/h10,16H,6-9,15H2,1-5H3. The van der Waals surface area contributed by atoms with E-state index in [0.717, 1.165) is 17.7 Å². The minimum absolute atomic E-state index is 0.218. The maximum Gasteiger partial charge on any atom is 0.332 e. The number of hydrogen-bond acceptors (Lipinski definition) is 5. The van der Waals surface area contributed by atoms with Crippen molar-refractivity contribution in [1.29, 1.82) is 0 Å². The number of nitrogen functional groups attached to an aromatic ring is 1. The SMILES string of the molecule is CCN(C)CCNc1c(N)n(CC(C)C)c(=O)n(C)c1=O. The van der Waals surface area contributed by atoms with Crippen LogP contribution in [-0.2, 0) is 13.6 Å². The molecule has 3 N–H and O–H groups in total. The maximum absolute atomic E-state index is 12.2. The minimum atomic E-state index is -0.378. The Kier molecular flexibility index (Phi) is 6.02. The average Bonchev–Trinajstić information content (AvgIpc) is 2.44. The lowest BCUT2D eigenvalue weighted by atomic mass is 10.2. The van der Waals surface area contributed by atoms with Gasteiger partial charge in [-0.3, -0.25) is 13.9 Å². The normalized spacial score (nSPS) is 11.4. The molecule has 0 bridgehead atoms. The van der Waals surface area contributed by atoms with Crippen LogP contribution in [-0.4, -0.2) is 40.7 Å². The van der Waals surface area contributed by atoms with Crippen LogP contribution in [0.4, 0.5) is 11.5 Å². The van der Waals surface area contributed by atoms with E-state index in [1.807, 2.05) is 20.9 Å². The molecule has 0 saturated carbocycles. The molecule has 0 aliphatic heterocycles. The highest BCUT2D eigenvalue weighted by molar-refractivity contribution is 5.60. The number of nitrogens with zero attached hydrogens (tertiary/aromatic N) is 3. The molecule has 0 saturated heterocycles. The Morgan fingerprint density at radius 2 is 1.95 bits per heavy atom. The monoisotopic (exact) mass is 297 g/mol. The summed E-state index contributed by atoms with van der Waals surface area (Å²) >= 11 is 0. The average molecular weight is 297 g/mol. The molecular weight excluding hydrogens is 270 g/mol. The quantitative estimate of drug-likeness (QED) is 0.748. The van der Waals surface area contributed by atoms with E-state index in [1.54, 1.807) is 0 Å². The Hall–Kier alpha value is -1.76. The van der Waals surface area contributed by atoms with Gasteiger partial charge < -0.3 is 16.0 Å². The van der Waals surface area contributed by atoms with Crippen LogP contribution in [0.25, 0.3) is 0 Å². The second kappa shape index (κ2) is 7.31. The van der Waals surface area contributed by atoms with Crippen LogP contribution in [0.5, 0.6) is 0 Å². The predicted molar refractivity (Wildman–Crippen MR) is 86.9 cm³/mol. The summed E-state index contributed by atoms with van der Waals surface area (Å²) < 4.78 is 2.56. The molecular formula is C14H27N5O2. The zero-order valence-electron chi connectivity index (χ0n) is 13.6. The second-order valence-corrected chi connectivity index (χ2v) is 5.73. The van der Waals surface area contributed by atoms with Crippen LogP contribution in [0.2, 0.25) is 0 Å². The van der Waals surface area contributed by atoms with Gasteiger partial charge in [0.25, 0.3) is 5.56 Å². The van der Waals surface area contributed by atoms with E-state index in [0.29, 0.717) is 18.8 Å². The molecule has 0 radical (unpaired) electrons. The molecule has 1 aromatic rings. The van der Waals surface area contributed by atoms with E-state index in [9.17, 15) is 9.59 Å².